The molecular formula is C27H29N3O5S. The van der Waals surface area contributed by atoms with Gasteiger partial charge in [0.1, 0.15) is 12.3 Å². The van der Waals surface area contributed by atoms with Crippen molar-refractivity contribution in [2.75, 3.05) is 34.7 Å². The fourth-order valence-corrected chi connectivity index (χ4v) is 5.54. The maximum atomic E-state index is 13.6. The lowest BCUT2D eigenvalue weighted by Crippen LogP contribution is -2.38. The van der Waals surface area contributed by atoms with Crippen LogP contribution in [0.2, 0.25) is 0 Å². The van der Waals surface area contributed by atoms with E-state index in [4.69, 9.17) is 4.74 Å². The molecule has 1 N–H and O–H groups in total. The van der Waals surface area contributed by atoms with Crippen LogP contribution in [0.3, 0.4) is 0 Å². The molecule has 3 aromatic rings. The van der Waals surface area contributed by atoms with Gasteiger partial charge >= 0.3 is 0 Å². The molecule has 0 atom stereocenters. The number of hydrogen-bond acceptors (Lipinski definition) is 5. The van der Waals surface area contributed by atoms with Crippen LogP contribution in [0.4, 0.5) is 17.1 Å². The van der Waals surface area contributed by atoms with Crippen molar-refractivity contribution in [1.82, 2.24) is 0 Å². The number of carbonyl (C=O) groups is 2. The number of methoxy groups -OCH3 is 1. The summed E-state index contributed by atoms with van der Waals surface area (Å²) >= 11 is 0. The molecule has 0 spiro atoms. The Balaban J connectivity index is 1.63. The third-order valence-electron chi connectivity index (χ3n) is 6.09. The Bertz CT molecular complexity index is 1390. The summed E-state index contributed by atoms with van der Waals surface area (Å²) in [5.41, 5.74) is 3.37. The van der Waals surface area contributed by atoms with Gasteiger partial charge in [-0.2, -0.15) is 0 Å². The lowest BCUT2D eigenvalue weighted by Gasteiger charge is -2.25. The van der Waals surface area contributed by atoms with Crippen LogP contribution in [0.15, 0.2) is 71.6 Å². The summed E-state index contributed by atoms with van der Waals surface area (Å²) in [6.45, 7) is 3.96. The van der Waals surface area contributed by atoms with Crippen LogP contribution in [-0.2, 0) is 19.6 Å². The molecule has 4 rings (SSSR count). The predicted molar refractivity (Wildman–Crippen MR) is 140 cm³/mol. The van der Waals surface area contributed by atoms with Crippen LogP contribution in [-0.4, -0.2) is 40.4 Å². The zero-order valence-electron chi connectivity index (χ0n) is 20.5. The number of benzene rings is 3. The molecule has 0 radical (unpaired) electrons. The van der Waals surface area contributed by atoms with Gasteiger partial charge in [0.2, 0.25) is 11.8 Å². The number of ether oxygens (including phenoxy) is 1. The standard InChI is InChI=1S/C27H29N3O5S/c1-19-9-13-24(14-10-19)36(33,34)30(22-6-4-7-23(17-22)35-3)18-26(31)28-21-12-11-20(2)25(16-21)29-15-5-8-27(29)32/h4,6-7,9-14,16-17H,5,8,15,18H2,1-3H3,(H,28,31). The van der Waals surface area contributed by atoms with E-state index in [0.717, 1.165) is 27.5 Å². The van der Waals surface area contributed by atoms with Crippen molar-refractivity contribution >= 4 is 38.9 Å². The molecule has 9 heteroatoms. The average Bonchev–Trinajstić information content (AvgIpc) is 3.29. The maximum absolute atomic E-state index is 13.6. The number of amides is 2. The minimum absolute atomic E-state index is 0.0509. The molecule has 2 amide bonds. The minimum atomic E-state index is -4.05. The van der Waals surface area contributed by atoms with Gasteiger partial charge in [-0.15, -0.1) is 0 Å². The Labute approximate surface area is 211 Å². The predicted octanol–water partition coefficient (Wildman–Crippen LogP) is 4.27. The van der Waals surface area contributed by atoms with Crippen molar-refractivity contribution in [1.29, 1.82) is 0 Å². The molecule has 0 saturated carbocycles. The highest BCUT2D eigenvalue weighted by molar-refractivity contribution is 7.92. The monoisotopic (exact) mass is 507 g/mol. The van der Waals surface area contributed by atoms with Crippen LogP contribution in [0.25, 0.3) is 0 Å². The zero-order valence-corrected chi connectivity index (χ0v) is 21.3. The van der Waals surface area contributed by atoms with Gasteiger partial charge in [-0.1, -0.05) is 29.8 Å². The Kier molecular flexibility index (Phi) is 7.30. The van der Waals surface area contributed by atoms with Gasteiger partial charge in [0.15, 0.2) is 0 Å². The maximum Gasteiger partial charge on any atom is 0.264 e. The molecule has 1 aliphatic rings. The zero-order chi connectivity index (χ0) is 25.9. The van der Waals surface area contributed by atoms with E-state index in [0.29, 0.717) is 30.1 Å². The molecule has 3 aromatic carbocycles. The van der Waals surface area contributed by atoms with Crippen LogP contribution >= 0.6 is 0 Å². The third-order valence-corrected chi connectivity index (χ3v) is 7.88. The first-order valence-corrected chi connectivity index (χ1v) is 13.1. The van der Waals surface area contributed by atoms with E-state index in [1.54, 1.807) is 53.4 Å². The molecule has 0 unspecified atom stereocenters. The van der Waals surface area contributed by atoms with Gasteiger partial charge in [0.25, 0.3) is 10.0 Å². The van der Waals surface area contributed by atoms with Gasteiger partial charge in [0, 0.05) is 30.4 Å². The van der Waals surface area contributed by atoms with Crippen LogP contribution in [0.5, 0.6) is 5.75 Å². The summed E-state index contributed by atoms with van der Waals surface area (Å²) < 4.78 is 33.5. The highest BCUT2D eigenvalue weighted by Crippen LogP contribution is 2.29. The molecule has 188 valence electrons. The van der Waals surface area contributed by atoms with Crippen molar-refractivity contribution in [3.63, 3.8) is 0 Å². The van der Waals surface area contributed by atoms with E-state index in [1.165, 1.54) is 19.2 Å². The van der Waals surface area contributed by atoms with Crippen LogP contribution < -0.4 is 19.3 Å². The van der Waals surface area contributed by atoms with E-state index in [-0.39, 0.29) is 10.8 Å². The highest BCUT2D eigenvalue weighted by Gasteiger charge is 2.28. The molecule has 8 nitrogen and oxygen atoms in total. The van der Waals surface area contributed by atoms with Crippen LogP contribution in [0.1, 0.15) is 24.0 Å². The minimum Gasteiger partial charge on any atom is -0.497 e. The first-order chi connectivity index (χ1) is 17.2. The van der Waals surface area contributed by atoms with Gasteiger partial charge < -0.3 is 15.0 Å². The van der Waals surface area contributed by atoms with Gasteiger partial charge in [-0.05, 0) is 62.2 Å². The third kappa shape index (κ3) is 5.36. The lowest BCUT2D eigenvalue weighted by molar-refractivity contribution is -0.117. The number of carbonyl (C=O) groups excluding carboxylic acids is 2. The Hall–Kier alpha value is -3.85. The second kappa shape index (κ2) is 10.4. The summed E-state index contributed by atoms with van der Waals surface area (Å²) in [6, 6.07) is 18.4. The fourth-order valence-electron chi connectivity index (χ4n) is 4.13. The lowest BCUT2D eigenvalue weighted by atomic mass is 10.1. The largest absolute Gasteiger partial charge is 0.497 e. The summed E-state index contributed by atoms with van der Waals surface area (Å²) in [6.07, 6.45) is 1.30. The summed E-state index contributed by atoms with van der Waals surface area (Å²) in [5.74, 6) is 0.00139. The van der Waals surface area contributed by atoms with E-state index >= 15 is 0 Å². The second-order valence-corrected chi connectivity index (χ2v) is 10.6. The topological polar surface area (TPSA) is 96.0 Å². The normalized spacial score (nSPS) is 13.5. The van der Waals surface area contributed by atoms with E-state index in [2.05, 4.69) is 5.32 Å². The number of nitrogens with one attached hydrogen (secondary N) is 1. The fraction of sp³-hybridized carbons (Fsp3) is 0.259. The first kappa shape index (κ1) is 25.2. The molecule has 36 heavy (non-hydrogen) atoms. The average molecular weight is 508 g/mol. The molecule has 1 heterocycles. The number of aryl methyl sites for hydroxylation is 2. The van der Waals surface area contributed by atoms with Crippen LogP contribution in [0, 0.1) is 13.8 Å². The Morgan fingerprint density at radius 1 is 1.06 bits per heavy atom. The van der Waals surface area contributed by atoms with E-state index in [1.807, 2.05) is 19.9 Å². The SMILES string of the molecule is COc1cccc(N(CC(=O)Nc2ccc(C)c(N3CCCC3=O)c2)S(=O)(=O)c2ccc(C)cc2)c1. The quantitative estimate of drug-likeness (QED) is 0.491. The molecule has 1 saturated heterocycles. The van der Waals surface area contributed by atoms with Gasteiger partial charge in [-0.3, -0.25) is 13.9 Å². The Morgan fingerprint density at radius 3 is 2.47 bits per heavy atom. The molecular weight excluding hydrogens is 478 g/mol. The van der Waals surface area contributed by atoms with Crippen molar-refractivity contribution in [3.05, 3.63) is 77.9 Å². The van der Waals surface area contributed by atoms with Gasteiger partial charge in [0.05, 0.1) is 17.7 Å². The summed E-state index contributed by atoms with van der Waals surface area (Å²) in [4.78, 5) is 27.2. The molecule has 0 bridgehead atoms. The van der Waals surface area contributed by atoms with Crippen molar-refractivity contribution in [3.8, 4) is 5.75 Å². The molecule has 0 aliphatic carbocycles. The van der Waals surface area contributed by atoms with Crippen molar-refractivity contribution < 1.29 is 22.7 Å². The second-order valence-electron chi connectivity index (χ2n) is 8.72. The van der Waals surface area contributed by atoms with E-state index < -0.39 is 22.5 Å². The van der Waals surface area contributed by atoms with Crippen molar-refractivity contribution in [2.45, 2.75) is 31.6 Å². The van der Waals surface area contributed by atoms with E-state index in [9.17, 15) is 18.0 Å². The number of hydrogen-bond donors (Lipinski definition) is 1. The number of sulfonamides is 1. The Morgan fingerprint density at radius 2 is 1.81 bits per heavy atom. The molecule has 0 aromatic heterocycles. The first-order valence-electron chi connectivity index (χ1n) is 11.6. The smallest absolute Gasteiger partial charge is 0.264 e. The summed E-state index contributed by atoms with van der Waals surface area (Å²) in [7, 11) is -2.56. The number of nitrogens with zero attached hydrogens (tertiary/aromatic N) is 2. The molecule has 1 fully saturated rings. The highest BCUT2D eigenvalue weighted by atomic mass is 32.2. The van der Waals surface area contributed by atoms with Crippen molar-refractivity contribution in [2.24, 2.45) is 0 Å². The number of rotatable bonds is 8. The summed E-state index contributed by atoms with van der Waals surface area (Å²) in [5, 5.41) is 2.80. The van der Waals surface area contributed by atoms with Gasteiger partial charge in [-0.25, -0.2) is 8.42 Å². The number of anilines is 3. The molecule has 1 aliphatic heterocycles.